The number of aromatic nitrogens is 4. The van der Waals surface area contributed by atoms with Crippen molar-refractivity contribution in [1.29, 1.82) is 0 Å². The predicted octanol–water partition coefficient (Wildman–Crippen LogP) is 0.520. The fraction of sp³-hybridized carbons (Fsp3) is 0.417. The lowest BCUT2D eigenvalue weighted by Crippen LogP contribution is -2.31. The van der Waals surface area contributed by atoms with Gasteiger partial charge in [0.1, 0.15) is 0 Å². The summed E-state index contributed by atoms with van der Waals surface area (Å²) >= 11 is 0. The van der Waals surface area contributed by atoms with E-state index in [4.69, 9.17) is 5.84 Å². The number of aryl methyl sites for hydroxylation is 2. The summed E-state index contributed by atoms with van der Waals surface area (Å²) < 4.78 is 1.68. The Morgan fingerprint density at radius 1 is 1.50 bits per heavy atom. The van der Waals surface area contributed by atoms with Crippen LogP contribution in [0.1, 0.15) is 29.9 Å². The number of hydrogen-bond donors (Lipinski definition) is 2. The van der Waals surface area contributed by atoms with Gasteiger partial charge in [0.2, 0.25) is 0 Å². The molecule has 1 atom stereocenters. The van der Waals surface area contributed by atoms with Crippen LogP contribution in [0.25, 0.3) is 0 Å². The maximum absolute atomic E-state index is 5.64. The first kappa shape index (κ1) is 12.7. The molecule has 0 spiro atoms. The average Bonchev–Trinajstić information content (AvgIpc) is 2.81. The second kappa shape index (κ2) is 5.70. The summed E-state index contributed by atoms with van der Waals surface area (Å²) in [6.07, 6.45) is 5.28. The zero-order valence-electron chi connectivity index (χ0n) is 10.7. The molecule has 2 aromatic rings. The van der Waals surface area contributed by atoms with E-state index in [-0.39, 0.29) is 6.04 Å². The standard InChI is InChI=1S/C12H18N6/c1-3-9-5-4-6-14-12(9)11(15-13)7-10-8-18(2)17-16-10/h4-6,8,11,15H,3,7,13H2,1-2H3. The molecule has 2 aromatic heterocycles. The van der Waals surface area contributed by atoms with Crippen LogP contribution in [0.3, 0.4) is 0 Å². The molecular formula is C12H18N6. The Morgan fingerprint density at radius 3 is 2.94 bits per heavy atom. The maximum atomic E-state index is 5.64. The van der Waals surface area contributed by atoms with E-state index in [1.54, 1.807) is 10.9 Å². The summed E-state index contributed by atoms with van der Waals surface area (Å²) in [5.74, 6) is 5.64. The summed E-state index contributed by atoms with van der Waals surface area (Å²) in [6, 6.07) is 3.97. The Balaban J connectivity index is 2.22. The quantitative estimate of drug-likeness (QED) is 0.593. The van der Waals surface area contributed by atoms with Gasteiger partial charge in [-0.05, 0) is 18.1 Å². The van der Waals surface area contributed by atoms with Crippen LogP contribution >= 0.6 is 0 Å². The Bertz CT molecular complexity index is 507. The van der Waals surface area contributed by atoms with Crippen molar-refractivity contribution in [2.24, 2.45) is 12.9 Å². The molecule has 6 heteroatoms. The zero-order chi connectivity index (χ0) is 13.0. The van der Waals surface area contributed by atoms with Crippen molar-refractivity contribution in [3.63, 3.8) is 0 Å². The number of pyridine rings is 1. The van der Waals surface area contributed by atoms with E-state index in [0.29, 0.717) is 6.42 Å². The number of hydrazine groups is 1. The van der Waals surface area contributed by atoms with Gasteiger partial charge in [-0.2, -0.15) is 0 Å². The van der Waals surface area contributed by atoms with Crippen molar-refractivity contribution in [2.45, 2.75) is 25.8 Å². The van der Waals surface area contributed by atoms with Gasteiger partial charge in [0.15, 0.2) is 0 Å². The summed E-state index contributed by atoms with van der Waals surface area (Å²) in [6.45, 7) is 2.11. The molecule has 0 saturated carbocycles. The highest BCUT2D eigenvalue weighted by atomic mass is 15.4. The van der Waals surface area contributed by atoms with Crippen LogP contribution in [-0.4, -0.2) is 20.0 Å². The van der Waals surface area contributed by atoms with Crippen molar-refractivity contribution in [3.8, 4) is 0 Å². The van der Waals surface area contributed by atoms with E-state index < -0.39 is 0 Å². The van der Waals surface area contributed by atoms with Crippen LogP contribution in [0.4, 0.5) is 0 Å². The van der Waals surface area contributed by atoms with Gasteiger partial charge in [-0.1, -0.05) is 18.2 Å². The Labute approximate surface area is 106 Å². The largest absolute Gasteiger partial charge is 0.271 e. The predicted molar refractivity (Wildman–Crippen MR) is 68.4 cm³/mol. The minimum absolute atomic E-state index is 0.0437. The number of rotatable bonds is 5. The molecule has 0 aliphatic rings. The molecule has 0 radical (unpaired) electrons. The molecule has 0 aliphatic carbocycles. The number of nitrogens with one attached hydrogen (secondary N) is 1. The van der Waals surface area contributed by atoms with Crippen molar-refractivity contribution in [3.05, 3.63) is 41.5 Å². The third-order valence-electron chi connectivity index (χ3n) is 2.90. The number of nitrogens with two attached hydrogens (primary N) is 1. The SMILES string of the molecule is CCc1cccnc1C(Cc1cn(C)nn1)NN. The molecule has 2 rings (SSSR count). The van der Waals surface area contributed by atoms with E-state index in [1.807, 2.05) is 19.3 Å². The first-order valence-electron chi connectivity index (χ1n) is 5.99. The fourth-order valence-corrected chi connectivity index (χ4v) is 2.00. The van der Waals surface area contributed by atoms with Gasteiger partial charge in [-0.15, -0.1) is 5.10 Å². The molecule has 0 amide bonds. The Morgan fingerprint density at radius 2 is 2.33 bits per heavy atom. The van der Waals surface area contributed by atoms with Crippen LogP contribution in [0.15, 0.2) is 24.5 Å². The highest BCUT2D eigenvalue weighted by molar-refractivity contribution is 5.23. The molecule has 96 valence electrons. The minimum Gasteiger partial charge on any atom is -0.271 e. The molecule has 0 fully saturated rings. The third kappa shape index (κ3) is 2.72. The highest BCUT2D eigenvalue weighted by Crippen LogP contribution is 2.18. The van der Waals surface area contributed by atoms with Crippen LogP contribution in [-0.2, 0) is 19.9 Å². The Kier molecular flexibility index (Phi) is 4.01. The molecule has 1 unspecified atom stereocenters. The van der Waals surface area contributed by atoms with Crippen molar-refractivity contribution < 1.29 is 0 Å². The average molecular weight is 246 g/mol. The summed E-state index contributed by atoms with van der Waals surface area (Å²) in [5.41, 5.74) is 5.89. The van der Waals surface area contributed by atoms with E-state index in [2.05, 4.69) is 33.7 Å². The topological polar surface area (TPSA) is 81.7 Å². The molecule has 0 saturated heterocycles. The van der Waals surface area contributed by atoms with E-state index in [1.165, 1.54) is 5.56 Å². The van der Waals surface area contributed by atoms with Crippen molar-refractivity contribution >= 4 is 0 Å². The highest BCUT2D eigenvalue weighted by Gasteiger charge is 2.16. The molecule has 18 heavy (non-hydrogen) atoms. The van der Waals surface area contributed by atoms with Crippen LogP contribution in [0.5, 0.6) is 0 Å². The monoisotopic (exact) mass is 246 g/mol. The Hall–Kier alpha value is -1.79. The molecule has 2 heterocycles. The van der Waals surface area contributed by atoms with E-state index >= 15 is 0 Å². The lowest BCUT2D eigenvalue weighted by atomic mass is 10.0. The van der Waals surface area contributed by atoms with E-state index in [0.717, 1.165) is 17.8 Å². The summed E-state index contributed by atoms with van der Waals surface area (Å²) in [7, 11) is 1.85. The zero-order valence-corrected chi connectivity index (χ0v) is 10.7. The third-order valence-corrected chi connectivity index (χ3v) is 2.90. The first-order valence-corrected chi connectivity index (χ1v) is 5.99. The van der Waals surface area contributed by atoms with Gasteiger partial charge >= 0.3 is 0 Å². The maximum Gasteiger partial charge on any atom is 0.0847 e. The second-order valence-electron chi connectivity index (χ2n) is 4.21. The van der Waals surface area contributed by atoms with E-state index in [9.17, 15) is 0 Å². The lowest BCUT2D eigenvalue weighted by Gasteiger charge is -2.16. The first-order chi connectivity index (χ1) is 8.74. The number of hydrogen-bond acceptors (Lipinski definition) is 5. The lowest BCUT2D eigenvalue weighted by molar-refractivity contribution is 0.527. The molecule has 0 aliphatic heterocycles. The molecule has 6 nitrogen and oxygen atoms in total. The van der Waals surface area contributed by atoms with Crippen LogP contribution in [0, 0.1) is 0 Å². The molecular weight excluding hydrogens is 228 g/mol. The molecule has 0 aromatic carbocycles. The molecule has 3 N–H and O–H groups in total. The minimum atomic E-state index is -0.0437. The van der Waals surface area contributed by atoms with Crippen molar-refractivity contribution in [1.82, 2.24) is 25.4 Å². The fourth-order valence-electron chi connectivity index (χ4n) is 2.00. The van der Waals surface area contributed by atoms with Gasteiger partial charge in [-0.25, -0.2) is 0 Å². The van der Waals surface area contributed by atoms with Gasteiger partial charge < -0.3 is 0 Å². The summed E-state index contributed by atoms with van der Waals surface area (Å²) in [4.78, 5) is 4.43. The van der Waals surface area contributed by atoms with Crippen molar-refractivity contribution in [2.75, 3.05) is 0 Å². The van der Waals surface area contributed by atoms with Gasteiger partial charge in [0, 0.05) is 25.9 Å². The van der Waals surface area contributed by atoms with Gasteiger partial charge in [0.25, 0.3) is 0 Å². The van der Waals surface area contributed by atoms with Gasteiger partial charge in [-0.3, -0.25) is 20.9 Å². The summed E-state index contributed by atoms with van der Waals surface area (Å²) in [5, 5.41) is 7.99. The van der Waals surface area contributed by atoms with Crippen LogP contribution in [0.2, 0.25) is 0 Å². The molecule has 0 bridgehead atoms. The number of nitrogens with zero attached hydrogens (tertiary/aromatic N) is 4. The van der Waals surface area contributed by atoms with Gasteiger partial charge in [0.05, 0.1) is 17.4 Å². The smallest absolute Gasteiger partial charge is 0.0847 e. The van der Waals surface area contributed by atoms with Crippen LogP contribution < -0.4 is 11.3 Å². The normalized spacial score (nSPS) is 12.6. The second-order valence-corrected chi connectivity index (χ2v) is 4.21.